The third-order valence-corrected chi connectivity index (χ3v) is 6.28. The van der Waals surface area contributed by atoms with Gasteiger partial charge in [-0.2, -0.15) is 0 Å². The van der Waals surface area contributed by atoms with Crippen LogP contribution in [0.5, 0.6) is 0 Å². The van der Waals surface area contributed by atoms with E-state index < -0.39 is 30.0 Å². The number of hydrogen-bond acceptors (Lipinski definition) is 8. The predicted octanol–water partition coefficient (Wildman–Crippen LogP) is 1.89. The molecule has 2 rings (SSSR count). The number of benzene rings is 2. The van der Waals surface area contributed by atoms with Crippen LogP contribution in [-0.4, -0.2) is 63.7 Å². The summed E-state index contributed by atoms with van der Waals surface area (Å²) in [6.07, 6.45) is 0. The van der Waals surface area contributed by atoms with E-state index in [0.717, 1.165) is 12.1 Å². The van der Waals surface area contributed by atoms with E-state index in [4.69, 9.17) is 34.7 Å². The van der Waals surface area contributed by atoms with Crippen LogP contribution < -0.4 is 11.5 Å². The first-order chi connectivity index (χ1) is 11.7. The standard InChI is InChI=1S/2C7H8ClNO3S.Ca/c2*1-4-5(9)2-3-6(7(4)8)13(10,11)12;/h2*2-3H,9H2,1H3,(H,10,11,12);/q;;+2/p-2. The van der Waals surface area contributed by atoms with Gasteiger partial charge in [0.2, 0.25) is 0 Å². The topological polar surface area (TPSA) is 166 Å². The van der Waals surface area contributed by atoms with Gasteiger partial charge in [-0.25, -0.2) is 16.8 Å². The van der Waals surface area contributed by atoms with Crippen molar-refractivity contribution in [1.82, 2.24) is 0 Å². The molecule has 2 aromatic rings. The first-order valence-electron chi connectivity index (χ1n) is 6.68. The molecule has 4 N–H and O–H groups in total. The Morgan fingerprint density at radius 3 is 1.22 bits per heavy atom. The zero-order valence-electron chi connectivity index (χ0n) is 14.2. The summed E-state index contributed by atoms with van der Waals surface area (Å²) in [4.78, 5) is -0.860. The molecule has 0 aliphatic rings. The Labute approximate surface area is 197 Å². The summed E-state index contributed by atoms with van der Waals surface area (Å²) in [5, 5.41) is -0.204. The number of hydrogen-bond donors (Lipinski definition) is 2. The van der Waals surface area contributed by atoms with Gasteiger partial charge >= 0.3 is 37.7 Å². The molecule has 8 nitrogen and oxygen atoms in total. The molecule has 0 aliphatic carbocycles. The summed E-state index contributed by atoms with van der Waals surface area (Å²) in [5.41, 5.74) is 12.4. The number of halogens is 2. The number of anilines is 2. The van der Waals surface area contributed by atoms with Gasteiger partial charge in [0.25, 0.3) is 0 Å². The Morgan fingerprint density at radius 1 is 0.741 bits per heavy atom. The normalized spacial score (nSPS) is 11.2. The van der Waals surface area contributed by atoms with Gasteiger partial charge in [-0.05, 0) is 49.2 Å². The molecule has 0 atom stereocenters. The van der Waals surface area contributed by atoms with Crippen LogP contribution in [0.1, 0.15) is 11.1 Å². The van der Waals surface area contributed by atoms with E-state index in [1.807, 2.05) is 0 Å². The SMILES string of the molecule is Cc1c(N)ccc(S(=O)(=O)[O-])c1Cl.Cc1c(N)ccc(S(=O)(=O)[O-])c1Cl.[Ca+2]. The van der Waals surface area contributed by atoms with E-state index in [9.17, 15) is 25.9 Å². The van der Waals surface area contributed by atoms with Gasteiger partial charge in [0.1, 0.15) is 20.2 Å². The summed E-state index contributed by atoms with van der Waals surface area (Å²) in [6.45, 7) is 3.10. The monoisotopic (exact) mass is 480 g/mol. The second-order valence-corrected chi connectivity index (χ2v) is 8.54. The van der Waals surface area contributed by atoms with Gasteiger partial charge in [0.15, 0.2) is 0 Å². The van der Waals surface area contributed by atoms with Gasteiger partial charge in [0.05, 0.1) is 19.8 Å². The first-order valence-corrected chi connectivity index (χ1v) is 10.3. The Hall–Kier alpha value is -0.300. The average Bonchev–Trinajstić information content (AvgIpc) is 2.48. The molecule has 0 amide bonds. The molecule has 0 unspecified atom stereocenters. The van der Waals surface area contributed by atoms with Gasteiger partial charge in [-0.1, -0.05) is 23.2 Å². The minimum Gasteiger partial charge on any atom is -0.744 e. The minimum absolute atomic E-state index is 0. The van der Waals surface area contributed by atoms with Gasteiger partial charge in [-0.3, -0.25) is 0 Å². The average molecular weight is 481 g/mol. The molecule has 0 saturated heterocycles. The summed E-state index contributed by atoms with van der Waals surface area (Å²) < 4.78 is 63.8. The molecule has 144 valence electrons. The van der Waals surface area contributed by atoms with Gasteiger partial charge in [0, 0.05) is 11.4 Å². The molecule has 0 radical (unpaired) electrons. The predicted molar refractivity (Wildman–Crippen MR) is 103 cm³/mol. The van der Waals surface area contributed by atoms with Crippen LogP contribution in [0.4, 0.5) is 11.4 Å². The van der Waals surface area contributed by atoms with Gasteiger partial charge < -0.3 is 20.6 Å². The fraction of sp³-hybridized carbons (Fsp3) is 0.143. The first kappa shape index (κ1) is 26.7. The van der Waals surface area contributed by atoms with E-state index >= 15 is 0 Å². The van der Waals surface area contributed by atoms with Gasteiger partial charge in [-0.15, -0.1) is 0 Å². The molecule has 2 aromatic carbocycles. The number of nitrogen functional groups attached to an aromatic ring is 2. The minimum atomic E-state index is -4.51. The van der Waals surface area contributed by atoms with E-state index in [1.165, 1.54) is 12.1 Å². The van der Waals surface area contributed by atoms with Crippen LogP contribution in [-0.2, 0) is 20.2 Å². The van der Waals surface area contributed by atoms with Crippen molar-refractivity contribution in [1.29, 1.82) is 0 Å². The largest absolute Gasteiger partial charge is 2.00 e. The quantitative estimate of drug-likeness (QED) is 0.373. The molecule has 27 heavy (non-hydrogen) atoms. The zero-order chi connectivity index (χ0) is 20.4. The van der Waals surface area contributed by atoms with Crippen molar-refractivity contribution in [3.63, 3.8) is 0 Å². The summed E-state index contributed by atoms with van der Waals surface area (Å²) >= 11 is 11.2. The number of nitrogens with two attached hydrogens (primary N) is 2. The molecular formula is C14H14CaCl2N2O6S2. The van der Waals surface area contributed by atoms with Crippen molar-refractivity contribution in [2.75, 3.05) is 11.5 Å². The molecule has 0 aromatic heterocycles. The maximum Gasteiger partial charge on any atom is 2.00 e. The van der Waals surface area contributed by atoms with Crippen LogP contribution in [0.25, 0.3) is 0 Å². The third kappa shape index (κ3) is 6.91. The molecule has 0 heterocycles. The Kier molecular flexibility index (Phi) is 9.84. The molecule has 0 fully saturated rings. The van der Waals surface area contributed by atoms with E-state index in [-0.39, 0.29) is 47.8 Å². The van der Waals surface area contributed by atoms with Crippen molar-refractivity contribution in [2.24, 2.45) is 0 Å². The fourth-order valence-corrected chi connectivity index (χ4v) is 3.86. The van der Waals surface area contributed by atoms with E-state index in [2.05, 4.69) is 0 Å². The second-order valence-electron chi connectivity index (χ2n) is 5.09. The van der Waals surface area contributed by atoms with E-state index in [1.54, 1.807) is 13.8 Å². The third-order valence-electron chi connectivity index (χ3n) is 3.32. The maximum absolute atomic E-state index is 10.6. The maximum atomic E-state index is 10.6. The Bertz CT molecular complexity index is 974. The van der Waals surface area contributed by atoms with Crippen LogP contribution >= 0.6 is 23.2 Å². The molecule has 13 heteroatoms. The van der Waals surface area contributed by atoms with E-state index in [0.29, 0.717) is 22.5 Å². The van der Waals surface area contributed by atoms with Crippen molar-refractivity contribution in [2.45, 2.75) is 23.6 Å². The molecule has 0 aliphatic heterocycles. The van der Waals surface area contributed by atoms with Crippen LogP contribution in [0, 0.1) is 13.8 Å². The number of rotatable bonds is 2. The molecular weight excluding hydrogens is 467 g/mol. The smallest absolute Gasteiger partial charge is 0.744 e. The van der Waals surface area contributed by atoms with Crippen LogP contribution in [0.15, 0.2) is 34.1 Å². The van der Waals surface area contributed by atoms with Crippen molar-refractivity contribution < 1.29 is 25.9 Å². The molecule has 0 bridgehead atoms. The van der Waals surface area contributed by atoms with Crippen molar-refractivity contribution in [3.05, 3.63) is 45.4 Å². The van der Waals surface area contributed by atoms with Crippen LogP contribution in [0.2, 0.25) is 10.0 Å². The van der Waals surface area contributed by atoms with Crippen LogP contribution in [0.3, 0.4) is 0 Å². The second kappa shape index (κ2) is 9.95. The Morgan fingerprint density at radius 2 is 1.00 bits per heavy atom. The summed E-state index contributed by atoms with van der Waals surface area (Å²) in [6, 6.07) is 4.89. The van der Waals surface area contributed by atoms with Crippen molar-refractivity contribution in [3.8, 4) is 0 Å². The fourth-order valence-electron chi connectivity index (χ4n) is 1.74. The van der Waals surface area contributed by atoms with Crippen molar-refractivity contribution >= 4 is 92.6 Å². The zero-order valence-corrected chi connectivity index (χ0v) is 19.5. The molecule has 0 spiro atoms. The Balaban J connectivity index is 0.000000483. The summed E-state index contributed by atoms with van der Waals surface area (Å²) in [7, 11) is -9.02. The summed E-state index contributed by atoms with van der Waals surface area (Å²) in [5.74, 6) is 0. The molecule has 0 saturated carbocycles.